The summed E-state index contributed by atoms with van der Waals surface area (Å²) in [6, 6.07) is 19.6. The minimum atomic E-state index is -0.341. The van der Waals surface area contributed by atoms with Crippen LogP contribution in [0.4, 0.5) is 5.13 Å². The van der Waals surface area contributed by atoms with E-state index in [1.54, 1.807) is 6.20 Å². The van der Waals surface area contributed by atoms with Crippen LogP contribution in [0.25, 0.3) is 0 Å². The Morgan fingerprint density at radius 3 is 2.00 bits per heavy atom. The van der Waals surface area contributed by atoms with E-state index in [1.807, 2.05) is 67.6 Å². The predicted octanol–water partition coefficient (Wildman–Crippen LogP) is 4.22. The quantitative estimate of drug-likeness (QED) is 0.784. The van der Waals surface area contributed by atoms with Crippen molar-refractivity contribution in [3.8, 4) is 0 Å². The van der Waals surface area contributed by atoms with E-state index >= 15 is 0 Å². The molecule has 22 heavy (non-hydrogen) atoms. The van der Waals surface area contributed by atoms with Gasteiger partial charge in [-0.1, -0.05) is 60.7 Å². The van der Waals surface area contributed by atoms with E-state index in [2.05, 4.69) is 10.3 Å². The predicted molar refractivity (Wildman–Crippen MR) is 90.2 cm³/mol. The van der Waals surface area contributed by atoms with E-state index in [4.69, 9.17) is 0 Å². The molecular formula is C18H16N2OS. The van der Waals surface area contributed by atoms with Crippen LogP contribution >= 0.6 is 11.3 Å². The molecule has 1 heterocycles. The SMILES string of the molecule is Cc1cnc(NC(=O)C(c2ccccc2)c2ccccc2)s1. The average Bonchev–Trinajstić information content (AvgIpc) is 2.95. The van der Waals surface area contributed by atoms with Crippen LogP contribution < -0.4 is 5.32 Å². The fraction of sp³-hybridized carbons (Fsp3) is 0.111. The van der Waals surface area contributed by atoms with Crippen molar-refractivity contribution in [1.29, 1.82) is 0 Å². The van der Waals surface area contributed by atoms with Crippen molar-refractivity contribution >= 4 is 22.4 Å². The van der Waals surface area contributed by atoms with Crippen molar-refractivity contribution in [2.24, 2.45) is 0 Å². The molecule has 0 spiro atoms. The molecule has 0 saturated carbocycles. The molecule has 0 aliphatic heterocycles. The van der Waals surface area contributed by atoms with Crippen LogP contribution in [0.3, 0.4) is 0 Å². The third kappa shape index (κ3) is 3.23. The maximum absolute atomic E-state index is 12.8. The maximum Gasteiger partial charge on any atom is 0.238 e. The van der Waals surface area contributed by atoms with Crippen LogP contribution in [0.15, 0.2) is 66.9 Å². The summed E-state index contributed by atoms with van der Waals surface area (Å²) < 4.78 is 0. The summed E-state index contributed by atoms with van der Waals surface area (Å²) in [4.78, 5) is 18.1. The minimum Gasteiger partial charge on any atom is -0.301 e. The van der Waals surface area contributed by atoms with Gasteiger partial charge in [0, 0.05) is 11.1 Å². The van der Waals surface area contributed by atoms with Gasteiger partial charge >= 0.3 is 0 Å². The summed E-state index contributed by atoms with van der Waals surface area (Å²) in [6.07, 6.45) is 1.76. The third-order valence-electron chi connectivity index (χ3n) is 3.38. The highest BCUT2D eigenvalue weighted by molar-refractivity contribution is 7.15. The van der Waals surface area contributed by atoms with E-state index in [-0.39, 0.29) is 11.8 Å². The molecule has 0 aliphatic rings. The number of rotatable bonds is 4. The second kappa shape index (κ2) is 6.54. The Bertz CT molecular complexity index is 714. The highest BCUT2D eigenvalue weighted by Gasteiger charge is 2.23. The number of aryl methyl sites for hydroxylation is 1. The van der Waals surface area contributed by atoms with Crippen molar-refractivity contribution in [2.45, 2.75) is 12.8 Å². The molecule has 1 N–H and O–H groups in total. The average molecular weight is 308 g/mol. The fourth-order valence-corrected chi connectivity index (χ4v) is 3.04. The summed E-state index contributed by atoms with van der Waals surface area (Å²) in [6.45, 7) is 1.97. The molecule has 4 heteroatoms. The van der Waals surface area contributed by atoms with Crippen LogP contribution in [-0.4, -0.2) is 10.9 Å². The Morgan fingerprint density at radius 2 is 1.55 bits per heavy atom. The van der Waals surface area contributed by atoms with Gasteiger partial charge in [0.25, 0.3) is 0 Å². The van der Waals surface area contributed by atoms with Gasteiger partial charge in [0.15, 0.2) is 5.13 Å². The number of carbonyl (C=O) groups excluding carboxylic acids is 1. The summed E-state index contributed by atoms with van der Waals surface area (Å²) in [5.74, 6) is -0.404. The molecule has 3 rings (SSSR count). The molecule has 0 saturated heterocycles. The van der Waals surface area contributed by atoms with Gasteiger partial charge in [0.2, 0.25) is 5.91 Å². The van der Waals surface area contributed by atoms with Crippen LogP contribution in [0.5, 0.6) is 0 Å². The Hall–Kier alpha value is -2.46. The first-order valence-corrected chi connectivity index (χ1v) is 7.89. The van der Waals surface area contributed by atoms with Gasteiger partial charge in [0.1, 0.15) is 0 Å². The molecule has 0 fully saturated rings. The molecule has 0 aliphatic carbocycles. The third-order valence-corrected chi connectivity index (χ3v) is 4.21. The summed E-state index contributed by atoms with van der Waals surface area (Å²) in [5, 5.41) is 3.57. The van der Waals surface area contributed by atoms with Crippen LogP contribution in [0, 0.1) is 6.92 Å². The molecule has 0 radical (unpaired) electrons. The zero-order chi connectivity index (χ0) is 15.4. The molecule has 2 aromatic carbocycles. The van der Waals surface area contributed by atoms with Gasteiger partial charge < -0.3 is 5.32 Å². The maximum atomic E-state index is 12.8. The number of nitrogens with one attached hydrogen (secondary N) is 1. The lowest BCUT2D eigenvalue weighted by Crippen LogP contribution is -2.22. The molecule has 3 nitrogen and oxygen atoms in total. The van der Waals surface area contributed by atoms with Crippen LogP contribution in [0.1, 0.15) is 21.9 Å². The Labute approximate surface area is 133 Å². The first kappa shape index (κ1) is 14.5. The first-order valence-electron chi connectivity index (χ1n) is 7.07. The topological polar surface area (TPSA) is 42.0 Å². The standard InChI is InChI=1S/C18H16N2OS/c1-13-12-19-18(22-13)20-17(21)16(14-8-4-2-5-9-14)15-10-6-3-7-11-15/h2-12,16H,1H3,(H,19,20,21). The Kier molecular flexibility index (Phi) is 4.30. The molecular weight excluding hydrogens is 292 g/mol. The number of carbonyl (C=O) groups is 1. The van der Waals surface area contributed by atoms with Gasteiger partial charge in [-0.15, -0.1) is 11.3 Å². The fourth-order valence-electron chi connectivity index (χ4n) is 2.38. The van der Waals surface area contributed by atoms with Crippen LogP contribution in [-0.2, 0) is 4.79 Å². The number of benzene rings is 2. The number of hydrogen-bond acceptors (Lipinski definition) is 3. The zero-order valence-electron chi connectivity index (χ0n) is 12.2. The van der Waals surface area contributed by atoms with Gasteiger partial charge in [0.05, 0.1) is 5.92 Å². The number of nitrogens with zero attached hydrogens (tertiary/aromatic N) is 1. The van der Waals surface area contributed by atoms with Gasteiger partial charge in [-0.3, -0.25) is 4.79 Å². The Balaban J connectivity index is 1.93. The van der Waals surface area contributed by atoms with Gasteiger partial charge in [-0.05, 0) is 18.1 Å². The number of aromatic nitrogens is 1. The molecule has 0 unspecified atom stereocenters. The number of amides is 1. The van der Waals surface area contributed by atoms with E-state index in [9.17, 15) is 4.79 Å². The number of thiazole rings is 1. The monoisotopic (exact) mass is 308 g/mol. The smallest absolute Gasteiger partial charge is 0.238 e. The second-order valence-corrected chi connectivity index (χ2v) is 6.25. The van der Waals surface area contributed by atoms with Crippen LogP contribution in [0.2, 0.25) is 0 Å². The zero-order valence-corrected chi connectivity index (χ0v) is 13.0. The molecule has 1 amide bonds. The lowest BCUT2D eigenvalue weighted by Gasteiger charge is -2.16. The molecule has 110 valence electrons. The lowest BCUT2D eigenvalue weighted by atomic mass is 9.90. The van der Waals surface area contributed by atoms with E-state index < -0.39 is 0 Å². The molecule has 0 bridgehead atoms. The number of anilines is 1. The van der Waals surface area contributed by atoms with Crippen molar-refractivity contribution in [2.75, 3.05) is 5.32 Å². The molecule has 1 aromatic heterocycles. The van der Waals surface area contributed by atoms with Crippen molar-refractivity contribution in [3.05, 3.63) is 82.9 Å². The van der Waals surface area contributed by atoms with Crippen molar-refractivity contribution in [1.82, 2.24) is 4.98 Å². The highest BCUT2D eigenvalue weighted by atomic mass is 32.1. The van der Waals surface area contributed by atoms with E-state index in [0.717, 1.165) is 16.0 Å². The van der Waals surface area contributed by atoms with Crippen molar-refractivity contribution < 1.29 is 4.79 Å². The Morgan fingerprint density at radius 1 is 1.00 bits per heavy atom. The summed E-state index contributed by atoms with van der Waals surface area (Å²) >= 11 is 1.48. The van der Waals surface area contributed by atoms with Crippen molar-refractivity contribution in [3.63, 3.8) is 0 Å². The summed E-state index contributed by atoms with van der Waals surface area (Å²) in [7, 11) is 0. The van der Waals surface area contributed by atoms with E-state index in [1.165, 1.54) is 11.3 Å². The lowest BCUT2D eigenvalue weighted by molar-refractivity contribution is -0.116. The van der Waals surface area contributed by atoms with Gasteiger partial charge in [-0.25, -0.2) is 4.98 Å². The highest BCUT2D eigenvalue weighted by Crippen LogP contribution is 2.27. The minimum absolute atomic E-state index is 0.0632. The second-order valence-electron chi connectivity index (χ2n) is 5.02. The normalized spacial score (nSPS) is 10.6. The largest absolute Gasteiger partial charge is 0.301 e. The number of hydrogen-bond donors (Lipinski definition) is 1. The van der Waals surface area contributed by atoms with Gasteiger partial charge in [-0.2, -0.15) is 0 Å². The first-order chi connectivity index (χ1) is 10.7. The summed E-state index contributed by atoms with van der Waals surface area (Å²) in [5.41, 5.74) is 1.94. The molecule has 3 aromatic rings. The van der Waals surface area contributed by atoms with E-state index in [0.29, 0.717) is 5.13 Å². The molecule has 0 atom stereocenters.